The average Bonchev–Trinajstić information content (AvgIpc) is 2.90. The van der Waals surface area contributed by atoms with Crippen molar-refractivity contribution in [1.29, 1.82) is 0 Å². The highest BCUT2D eigenvalue weighted by molar-refractivity contribution is 7.11. The minimum atomic E-state index is 0.669. The first kappa shape index (κ1) is 15.4. The molecule has 0 aliphatic heterocycles. The molecule has 112 valence electrons. The first-order chi connectivity index (χ1) is 10.2. The Morgan fingerprint density at radius 1 is 1.29 bits per heavy atom. The highest BCUT2D eigenvalue weighted by Crippen LogP contribution is 2.10. The Bertz CT molecular complexity index is 606. The molecule has 0 spiro atoms. The number of nitrogens with zero attached hydrogens (tertiary/aromatic N) is 3. The van der Waals surface area contributed by atoms with Gasteiger partial charge >= 0.3 is 0 Å². The molecule has 2 aromatic heterocycles. The maximum atomic E-state index is 4.36. The van der Waals surface area contributed by atoms with E-state index < -0.39 is 0 Å². The maximum Gasteiger partial charge on any atom is 0.191 e. The number of hydrogen-bond donors (Lipinski definition) is 2. The van der Waals surface area contributed by atoms with E-state index in [1.165, 1.54) is 10.4 Å². The van der Waals surface area contributed by atoms with E-state index in [2.05, 4.69) is 45.5 Å². The maximum absolute atomic E-state index is 4.36. The zero-order valence-electron chi connectivity index (χ0n) is 12.7. The number of guanidine groups is 1. The number of nitrogens with one attached hydrogen (secondary N) is 2. The third-order valence-corrected chi connectivity index (χ3v) is 4.04. The van der Waals surface area contributed by atoms with E-state index in [0.29, 0.717) is 6.54 Å². The molecule has 0 unspecified atom stereocenters. The largest absolute Gasteiger partial charge is 0.356 e. The van der Waals surface area contributed by atoms with Gasteiger partial charge in [-0.1, -0.05) is 6.07 Å². The number of hydrogen-bond acceptors (Lipinski definition) is 4. The molecule has 0 bridgehead atoms. The van der Waals surface area contributed by atoms with E-state index in [4.69, 9.17) is 0 Å². The van der Waals surface area contributed by atoms with Crippen molar-refractivity contribution < 1.29 is 0 Å². The SMILES string of the molecule is CN=C(NCCc1ncc(C)s1)NCc1ncccc1C. The first-order valence-corrected chi connectivity index (χ1v) is 7.77. The summed E-state index contributed by atoms with van der Waals surface area (Å²) >= 11 is 1.74. The van der Waals surface area contributed by atoms with E-state index in [1.54, 1.807) is 18.4 Å². The summed E-state index contributed by atoms with van der Waals surface area (Å²) in [5.74, 6) is 0.785. The number of rotatable bonds is 5. The predicted octanol–water partition coefficient (Wildman–Crippen LogP) is 2.06. The topological polar surface area (TPSA) is 62.2 Å². The number of thiazole rings is 1. The zero-order chi connectivity index (χ0) is 15.1. The van der Waals surface area contributed by atoms with Crippen LogP contribution >= 0.6 is 11.3 Å². The van der Waals surface area contributed by atoms with Crippen LogP contribution in [-0.2, 0) is 13.0 Å². The summed E-state index contributed by atoms with van der Waals surface area (Å²) in [5.41, 5.74) is 2.22. The van der Waals surface area contributed by atoms with Crippen LogP contribution in [0, 0.1) is 13.8 Å². The van der Waals surface area contributed by atoms with Gasteiger partial charge in [0.1, 0.15) is 0 Å². The van der Waals surface area contributed by atoms with Crippen LogP contribution in [0.1, 0.15) is 21.1 Å². The van der Waals surface area contributed by atoms with Crippen molar-refractivity contribution in [2.75, 3.05) is 13.6 Å². The summed E-state index contributed by atoms with van der Waals surface area (Å²) in [6, 6.07) is 4.01. The normalized spacial score (nSPS) is 11.5. The molecule has 21 heavy (non-hydrogen) atoms. The molecular formula is C15H21N5S. The lowest BCUT2D eigenvalue weighted by Gasteiger charge is -2.12. The molecule has 0 radical (unpaired) electrons. The summed E-state index contributed by atoms with van der Waals surface area (Å²) in [6.07, 6.45) is 4.63. The fourth-order valence-corrected chi connectivity index (χ4v) is 2.68. The molecule has 0 amide bonds. The Hall–Kier alpha value is -1.95. The fourth-order valence-electron chi connectivity index (χ4n) is 1.90. The highest BCUT2D eigenvalue weighted by atomic mass is 32.1. The van der Waals surface area contributed by atoms with E-state index >= 15 is 0 Å². The lowest BCUT2D eigenvalue weighted by atomic mass is 10.2. The molecule has 5 nitrogen and oxygen atoms in total. The van der Waals surface area contributed by atoms with Gasteiger partial charge in [-0.15, -0.1) is 11.3 Å². The van der Waals surface area contributed by atoms with Crippen LogP contribution in [0.25, 0.3) is 0 Å². The lowest BCUT2D eigenvalue weighted by Crippen LogP contribution is -2.38. The van der Waals surface area contributed by atoms with Crippen molar-refractivity contribution in [3.05, 3.63) is 45.7 Å². The van der Waals surface area contributed by atoms with Crippen molar-refractivity contribution in [1.82, 2.24) is 20.6 Å². The smallest absolute Gasteiger partial charge is 0.191 e. The van der Waals surface area contributed by atoms with E-state index in [-0.39, 0.29) is 0 Å². The Morgan fingerprint density at radius 3 is 2.81 bits per heavy atom. The molecule has 0 aromatic carbocycles. The molecule has 0 fully saturated rings. The summed E-state index contributed by atoms with van der Waals surface area (Å²) in [7, 11) is 1.77. The minimum absolute atomic E-state index is 0.669. The third-order valence-electron chi connectivity index (χ3n) is 3.07. The number of pyridine rings is 1. The predicted molar refractivity (Wildman–Crippen MR) is 87.7 cm³/mol. The second kappa shape index (κ2) is 7.73. The quantitative estimate of drug-likeness (QED) is 0.655. The Morgan fingerprint density at radius 2 is 2.14 bits per heavy atom. The van der Waals surface area contributed by atoms with Crippen LogP contribution in [0.3, 0.4) is 0 Å². The number of aryl methyl sites for hydroxylation is 2. The van der Waals surface area contributed by atoms with Crippen LogP contribution < -0.4 is 10.6 Å². The Balaban J connectivity index is 1.77. The molecule has 0 aliphatic carbocycles. The first-order valence-electron chi connectivity index (χ1n) is 6.95. The summed E-state index contributed by atoms with van der Waals surface area (Å²) < 4.78 is 0. The summed E-state index contributed by atoms with van der Waals surface area (Å²) in [5, 5.41) is 7.72. The Labute approximate surface area is 129 Å². The number of aliphatic imine (C=N–C) groups is 1. The lowest BCUT2D eigenvalue weighted by molar-refractivity contribution is 0.778. The van der Waals surface area contributed by atoms with Crippen LogP contribution in [0.5, 0.6) is 0 Å². The molecule has 0 saturated heterocycles. The summed E-state index contributed by atoms with van der Waals surface area (Å²) in [6.45, 7) is 5.62. The van der Waals surface area contributed by atoms with Crippen molar-refractivity contribution >= 4 is 17.3 Å². The van der Waals surface area contributed by atoms with Gasteiger partial charge in [0.15, 0.2) is 5.96 Å². The third kappa shape index (κ3) is 4.82. The molecule has 2 N–H and O–H groups in total. The van der Waals surface area contributed by atoms with Crippen molar-refractivity contribution in [3.8, 4) is 0 Å². The molecule has 0 saturated carbocycles. The summed E-state index contributed by atoms with van der Waals surface area (Å²) in [4.78, 5) is 14.2. The monoisotopic (exact) mass is 303 g/mol. The number of aromatic nitrogens is 2. The molecule has 2 aromatic rings. The molecule has 6 heteroatoms. The van der Waals surface area contributed by atoms with E-state index in [0.717, 1.165) is 29.6 Å². The van der Waals surface area contributed by atoms with Gasteiger partial charge in [0, 0.05) is 37.3 Å². The molecular weight excluding hydrogens is 282 g/mol. The highest BCUT2D eigenvalue weighted by Gasteiger charge is 2.03. The van der Waals surface area contributed by atoms with Gasteiger partial charge < -0.3 is 10.6 Å². The molecule has 2 rings (SSSR count). The zero-order valence-corrected chi connectivity index (χ0v) is 13.5. The molecule has 2 heterocycles. The van der Waals surface area contributed by atoms with Gasteiger partial charge in [0.2, 0.25) is 0 Å². The van der Waals surface area contributed by atoms with Crippen molar-refractivity contribution in [2.45, 2.75) is 26.8 Å². The van der Waals surface area contributed by atoms with Gasteiger partial charge in [0.05, 0.1) is 17.2 Å². The standard InChI is InChI=1S/C15H21N5S/c1-11-5-4-7-17-13(11)10-20-15(16-3)18-8-6-14-19-9-12(2)21-14/h4-5,7,9H,6,8,10H2,1-3H3,(H2,16,18,20). The van der Waals surface area contributed by atoms with Crippen molar-refractivity contribution in [3.63, 3.8) is 0 Å². The van der Waals surface area contributed by atoms with Crippen LogP contribution in [0.15, 0.2) is 29.5 Å². The minimum Gasteiger partial charge on any atom is -0.356 e. The van der Waals surface area contributed by atoms with Crippen LogP contribution in [0.2, 0.25) is 0 Å². The van der Waals surface area contributed by atoms with Gasteiger partial charge in [-0.05, 0) is 25.5 Å². The Kier molecular flexibility index (Phi) is 5.68. The van der Waals surface area contributed by atoms with Crippen LogP contribution in [-0.4, -0.2) is 29.5 Å². The second-order valence-electron chi connectivity index (χ2n) is 4.73. The fraction of sp³-hybridized carbons (Fsp3) is 0.400. The van der Waals surface area contributed by atoms with Gasteiger partial charge in [0.25, 0.3) is 0 Å². The van der Waals surface area contributed by atoms with Crippen LogP contribution in [0.4, 0.5) is 0 Å². The van der Waals surface area contributed by atoms with E-state index in [1.807, 2.05) is 18.5 Å². The van der Waals surface area contributed by atoms with Gasteiger partial charge in [-0.2, -0.15) is 0 Å². The molecule has 0 aliphatic rings. The molecule has 0 atom stereocenters. The van der Waals surface area contributed by atoms with Crippen molar-refractivity contribution in [2.24, 2.45) is 4.99 Å². The van der Waals surface area contributed by atoms with E-state index in [9.17, 15) is 0 Å². The average molecular weight is 303 g/mol. The van der Waals surface area contributed by atoms with Gasteiger partial charge in [-0.25, -0.2) is 4.98 Å². The van der Waals surface area contributed by atoms with Gasteiger partial charge in [-0.3, -0.25) is 9.98 Å². The second-order valence-corrected chi connectivity index (χ2v) is 6.05.